The first kappa shape index (κ1) is 18.4. The predicted molar refractivity (Wildman–Crippen MR) is 110 cm³/mol. The van der Waals surface area contributed by atoms with Gasteiger partial charge in [-0.1, -0.05) is 18.2 Å². The summed E-state index contributed by atoms with van der Waals surface area (Å²) in [6.07, 6.45) is 5.27. The Morgan fingerprint density at radius 1 is 1.00 bits per heavy atom. The highest BCUT2D eigenvalue weighted by Crippen LogP contribution is 2.30. The minimum Gasteiger partial charge on any atom is -0.334 e. The van der Waals surface area contributed by atoms with Crippen LogP contribution in [0.4, 0.5) is 14.9 Å². The lowest BCUT2D eigenvalue weighted by atomic mass is 10.0. The van der Waals surface area contributed by atoms with Gasteiger partial charge >= 0.3 is 6.03 Å². The van der Waals surface area contributed by atoms with E-state index in [-0.39, 0.29) is 11.8 Å². The average molecular weight is 387 g/mol. The van der Waals surface area contributed by atoms with Crippen LogP contribution in [0.1, 0.15) is 5.56 Å². The molecule has 0 saturated carbocycles. The number of carbonyl (C=O) groups excluding carboxylic acids is 1. The maximum atomic E-state index is 12.9. The van der Waals surface area contributed by atoms with Crippen molar-refractivity contribution in [3.63, 3.8) is 0 Å². The van der Waals surface area contributed by atoms with Crippen molar-refractivity contribution in [3.05, 3.63) is 90.6 Å². The first-order valence-electron chi connectivity index (χ1n) is 9.02. The number of amides is 2. The molecule has 4 rings (SSSR count). The molecule has 2 aromatic carbocycles. The number of nitrogens with one attached hydrogen (secondary N) is 3. The van der Waals surface area contributed by atoms with Gasteiger partial charge in [-0.15, -0.1) is 0 Å². The topological polar surface area (TPSA) is 82.7 Å². The first-order valence-corrected chi connectivity index (χ1v) is 9.02. The zero-order valence-electron chi connectivity index (χ0n) is 15.4. The van der Waals surface area contributed by atoms with Gasteiger partial charge in [-0.25, -0.2) is 9.18 Å². The van der Waals surface area contributed by atoms with E-state index in [1.165, 1.54) is 24.3 Å². The molecule has 4 aromatic rings. The second-order valence-corrected chi connectivity index (χ2v) is 6.41. The molecule has 2 aromatic heterocycles. The summed E-state index contributed by atoms with van der Waals surface area (Å²) < 4.78 is 12.9. The number of aromatic amines is 1. The molecule has 0 saturated heterocycles. The number of H-pyrrole nitrogens is 1. The summed E-state index contributed by atoms with van der Waals surface area (Å²) in [4.78, 5) is 16.1. The van der Waals surface area contributed by atoms with Crippen LogP contribution >= 0.6 is 0 Å². The Morgan fingerprint density at radius 3 is 2.59 bits per heavy atom. The quantitative estimate of drug-likeness (QED) is 0.468. The van der Waals surface area contributed by atoms with Gasteiger partial charge in [-0.3, -0.25) is 10.1 Å². The van der Waals surface area contributed by atoms with E-state index in [1.54, 1.807) is 18.6 Å². The fourth-order valence-corrected chi connectivity index (χ4v) is 2.98. The predicted octanol–water partition coefficient (Wildman–Crippen LogP) is 4.60. The fourth-order valence-electron chi connectivity index (χ4n) is 2.98. The van der Waals surface area contributed by atoms with E-state index in [9.17, 15) is 9.18 Å². The monoisotopic (exact) mass is 387 g/mol. The number of aromatic nitrogens is 3. The van der Waals surface area contributed by atoms with E-state index in [4.69, 9.17) is 0 Å². The molecule has 2 amide bonds. The van der Waals surface area contributed by atoms with Crippen molar-refractivity contribution in [1.82, 2.24) is 20.5 Å². The molecule has 0 bridgehead atoms. The Bertz CT molecular complexity index is 1110. The Hall–Kier alpha value is -4.00. The molecule has 2 heterocycles. The van der Waals surface area contributed by atoms with E-state index in [0.29, 0.717) is 12.2 Å². The highest BCUT2D eigenvalue weighted by atomic mass is 19.1. The third-order valence-corrected chi connectivity index (χ3v) is 4.40. The number of hydrogen-bond donors (Lipinski definition) is 3. The van der Waals surface area contributed by atoms with E-state index in [2.05, 4.69) is 25.8 Å². The summed E-state index contributed by atoms with van der Waals surface area (Å²) in [6, 6.07) is 17.0. The maximum Gasteiger partial charge on any atom is 0.319 e. The van der Waals surface area contributed by atoms with E-state index in [0.717, 1.165) is 27.9 Å². The molecule has 7 heteroatoms. The number of urea groups is 1. The van der Waals surface area contributed by atoms with Gasteiger partial charge in [0.15, 0.2) is 0 Å². The molecule has 0 aliphatic carbocycles. The van der Waals surface area contributed by atoms with Gasteiger partial charge in [-0.2, -0.15) is 5.10 Å². The van der Waals surface area contributed by atoms with Gasteiger partial charge < -0.3 is 10.6 Å². The van der Waals surface area contributed by atoms with Crippen molar-refractivity contribution in [1.29, 1.82) is 0 Å². The second kappa shape index (κ2) is 8.35. The lowest BCUT2D eigenvalue weighted by Gasteiger charge is -2.09. The minimum absolute atomic E-state index is 0.347. The second-order valence-electron chi connectivity index (χ2n) is 6.41. The number of pyridine rings is 1. The number of halogens is 1. The molecule has 0 aliphatic heterocycles. The van der Waals surface area contributed by atoms with Crippen molar-refractivity contribution in [3.8, 4) is 22.4 Å². The highest BCUT2D eigenvalue weighted by molar-refractivity contribution is 5.89. The van der Waals surface area contributed by atoms with Crippen LogP contribution in [-0.2, 0) is 6.54 Å². The molecule has 29 heavy (non-hydrogen) atoms. The first-order chi connectivity index (χ1) is 14.2. The molecule has 0 aliphatic rings. The highest BCUT2D eigenvalue weighted by Gasteiger charge is 2.10. The number of nitrogens with zero attached hydrogens (tertiary/aromatic N) is 2. The van der Waals surface area contributed by atoms with Crippen molar-refractivity contribution < 1.29 is 9.18 Å². The van der Waals surface area contributed by atoms with Crippen LogP contribution < -0.4 is 10.6 Å². The number of rotatable bonds is 5. The molecule has 0 fully saturated rings. The molecule has 0 spiro atoms. The van der Waals surface area contributed by atoms with Crippen LogP contribution in [0.5, 0.6) is 0 Å². The van der Waals surface area contributed by atoms with Crippen LogP contribution in [0.15, 0.2) is 79.3 Å². The lowest BCUT2D eigenvalue weighted by Crippen LogP contribution is -2.28. The number of hydrogen-bond acceptors (Lipinski definition) is 3. The fraction of sp³-hybridized carbons (Fsp3) is 0.0455. The molecular formula is C22H18FN5O. The van der Waals surface area contributed by atoms with Gasteiger partial charge in [0, 0.05) is 35.8 Å². The zero-order valence-corrected chi connectivity index (χ0v) is 15.4. The van der Waals surface area contributed by atoms with Crippen molar-refractivity contribution in [2.75, 3.05) is 5.32 Å². The number of benzene rings is 2. The van der Waals surface area contributed by atoms with Crippen LogP contribution in [0.25, 0.3) is 22.4 Å². The van der Waals surface area contributed by atoms with Gasteiger partial charge in [0.1, 0.15) is 5.82 Å². The summed E-state index contributed by atoms with van der Waals surface area (Å²) >= 11 is 0. The molecule has 6 nitrogen and oxygen atoms in total. The zero-order chi connectivity index (χ0) is 20.1. The molecule has 0 atom stereocenters. The smallest absolute Gasteiger partial charge is 0.319 e. The Kier molecular flexibility index (Phi) is 5.29. The molecule has 3 N–H and O–H groups in total. The Morgan fingerprint density at radius 2 is 1.79 bits per heavy atom. The van der Waals surface area contributed by atoms with Gasteiger partial charge in [0.05, 0.1) is 11.9 Å². The van der Waals surface area contributed by atoms with E-state index >= 15 is 0 Å². The Labute approximate surface area is 166 Å². The minimum atomic E-state index is -0.360. The van der Waals surface area contributed by atoms with Crippen molar-refractivity contribution >= 4 is 11.7 Å². The molecule has 144 valence electrons. The number of anilines is 1. The summed E-state index contributed by atoms with van der Waals surface area (Å²) in [5.74, 6) is -0.349. The normalized spacial score (nSPS) is 10.5. The summed E-state index contributed by atoms with van der Waals surface area (Å²) in [5.41, 5.74) is 5.32. The standard InChI is InChI=1S/C22H18FN5O/c23-18-4-6-19(7-5-18)27-22(29)25-13-15-2-1-3-17(12-15)21-20(14-26-28-21)16-8-10-24-11-9-16/h1-12,14H,13H2,(H,26,28)(H2,25,27,29). The van der Waals surface area contributed by atoms with Crippen LogP contribution in [0, 0.1) is 5.82 Å². The van der Waals surface area contributed by atoms with Gasteiger partial charge in [0.2, 0.25) is 0 Å². The third kappa shape index (κ3) is 4.47. The van der Waals surface area contributed by atoms with E-state index in [1.807, 2.05) is 36.4 Å². The third-order valence-electron chi connectivity index (χ3n) is 4.40. The van der Waals surface area contributed by atoms with Crippen LogP contribution in [0.3, 0.4) is 0 Å². The average Bonchev–Trinajstić information content (AvgIpc) is 3.25. The van der Waals surface area contributed by atoms with Crippen molar-refractivity contribution in [2.45, 2.75) is 6.54 Å². The molecule has 0 radical (unpaired) electrons. The Balaban J connectivity index is 1.45. The summed E-state index contributed by atoms with van der Waals surface area (Å²) in [5, 5.41) is 12.7. The lowest BCUT2D eigenvalue weighted by molar-refractivity contribution is 0.251. The van der Waals surface area contributed by atoms with Crippen LogP contribution in [-0.4, -0.2) is 21.2 Å². The SMILES string of the molecule is O=C(NCc1cccc(-c2[nH]ncc2-c2ccncc2)c1)Nc1ccc(F)cc1. The molecule has 0 unspecified atom stereocenters. The maximum absolute atomic E-state index is 12.9. The van der Waals surface area contributed by atoms with Crippen molar-refractivity contribution in [2.24, 2.45) is 0 Å². The summed E-state index contributed by atoms with van der Waals surface area (Å²) in [7, 11) is 0. The van der Waals surface area contributed by atoms with Gasteiger partial charge in [0.25, 0.3) is 0 Å². The summed E-state index contributed by atoms with van der Waals surface area (Å²) in [6.45, 7) is 0.347. The largest absolute Gasteiger partial charge is 0.334 e. The number of carbonyl (C=O) groups is 1. The van der Waals surface area contributed by atoms with Crippen LogP contribution in [0.2, 0.25) is 0 Å². The molecular weight excluding hydrogens is 369 g/mol. The van der Waals surface area contributed by atoms with Gasteiger partial charge in [-0.05, 0) is 53.6 Å². The van der Waals surface area contributed by atoms with E-state index < -0.39 is 0 Å².